The Morgan fingerprint density at radius 2 is 0.980 bits per heavy atom. The van der Waals surface area contributed by atoms with E-state index in [0.29, 0.717) is 5.82 Å². The van der Waals surface area contributed by atoms with E-state index in [4.69, 9.17) is 9.97 Å². The average molecular weight is 669 g/mol. The quantitative estimate of drug-likeness (QED) is 0.182. The molecule has 7 aromatic carbocycles. The summed E-state index contributed by atoms with van der Waals surface area (Å²) in [7, 11) is 0. The third-order valence-electron chi connectivity index (χ3n) is 10.6. The molecule has 0 fully saturated rings. The largest absolute Gasteiger partial charge is 0.228 e. The van der Waals surface area contributed by atoms with E-state index in [1.807, 2.05) is 29.5 Å². The maximum atomic E-state index is 5.21. The molecule has 10 rings (SSSR count). The van der Waals surface area contributed by atoms with Crippen LogP contribution in [0.1, 0.15) is 23.6 Å². The maximum Gasteiger partial charge on any atom is 0.160 e. The highest BCUT2D eigenvalue weighted by Gasteiger charge is 2.40. The summed E-state index contributed by atoms with van der Waals surface area (Å²) in [6, 6.07) is 63.2. The third kappa shape index (κ3) is 4.77. The first-order chi connectivity index (χ1) is 25.1. The molecule has 2 aromatic heterocycles. The van der Waals surface area contributed by atoms with Gasteiger partial charge in [-0.05, 0) is 70.1 Å². The van der Waals surface area contributed by atoms with E-state index < -0.39 is 0 Å². The Kier molecular flexibility index (Phi) is 6.83. The first-order valence-corrected chi connectivity index (χ1v) is 18.2. The first-order valence-electron chi connectivity index (χ1n) is 17.4. The molecule has 2 nitrogen and oxygen atoms in total. The highest BCUT2D eigenvalue weighted by atomic mass is 32.1. The van der Waals surface area contributed by atoms with Crippen LogP contribution in [-0.2, 0) is 5.41 Å². The smallest absolute Gasteiger partial charge is 0.160 e. The summed E-state index contributed by atoms with van der Waals surface area (Å²) in [6.07, 6.45) is 0. The monoisotopic (exact) mass is 668 g/mol. The van der Waals surface area contributed by atoms with Crippen molar-refractivity contribution < 1.29 is 0 Å². The van der Waals surface area contributed by atoms with Crippen LogP contribution in [0, 0.1) is 0 Å². The third-order valence-corrected chi connectivity index (χ3v) is 11.8. The average Bonchev–Trinajstić information content (AvgIpc) is 3.72. The van der Waals surface area contributed by atoms with Crippen LogP contribution in [0.4, 0.5) is 0 Å². The van der Waals surface area contributed by atoms with Gasteiger partial charge in [-0.15, -0.1) is 11.3 Å². The van der Waals surface area contributed by atoms with Gasteiger partial charge in [0.2, 0.25) is 0 Å². The zero-order chi connectivity index (χ0) is 33.9. The van der Waals surface area contributed by atoms with E-state index in [1.165, 1.54) is 59.1 Å². The highest BCUT2D eigenvalue weighted by molar-refractivity contribution is 7.26. The lowest BCUT2D eigenvalue weighted by molar-refractivity contribution is 0.714. The summed E-state index contributed by atoms with van der Waals surface area (Å²) < 4.78 is 2.62. The molecule has 0 amide bonds. The second-order valence-corrected chi connectivity index (χ2v) is 14.5. The van der Waals surface area contributed by atoms with Crippen LogP contribution < -0.4 is 0 Å². The van der Waals surface area contributed by atoms with Crippen molar-refractivity contribution >= 4 is 31.5 Å². The van der Waals surface area contributed by atoms with Crippen LogP contribution in [0.15, 0.2) is 176 Å². The minimum Gasteiger partial charge on any atom is -0.228 e. The Balaban J connectivity index is 1.13. The van der Waals surface area contributed by atoms with Gasteiger partial charge in [0.25, 0.3) is 0 Å². The lowest BCUT2D eigenvalue weighted by atomic mass is 9.74. The van der Waals surface area contributed by atoms with Crippen molar-refractivity contribution in [2.75, 3.05) is 0 Å². The molecule has 0 saturated carbocycles. The molecule has 0 saturated heterocycles. The molecule has 2 heterocycles. The fourth-order valence-electron chi connectivity index (χ4n) is 8.03. The summed E-state index contributed by atoms with van der Waals surface area (Å²) in [6.45, 7) is 2.36. The van der Waals surface area contributed by atoms with Gasteiger partial charge in [-0.2, -0.15) is 0 Å². The molecule has 3 heteroatoms. The Bertz CT molecular complexity index is 2730. The van der Waals surface area contributed by atoms with Gasteiger partial charge in [0, 0.05) is 42.3 Å². The van der Waals surface area contributed by atoms with Crippen LogP contribution in [-0.4, -0.2) is 9.97 Å². The molecule has 0 aliphatic heterocycles. The van der Waals surface area contributed by atoms with Gasteiger partial charge < -0.3 is 0 Å². The fraction of sp³-hybridized carbons (Fsp3) is 0.0417. The fourth-order valence-corrected chi connectivity index (χ4v) is 9.27. The van der Waals surface area contributed by atoms with Crippen molar-refractivity contribution in [3.05, 3.63) is 193 Å². The molecule has 0 unspecified atom stereocenters. The predicted octanol–water partition coefficient (Wildman–Crippen LogP) is 12.8. The van der Waals surface area contributed by atoms with E-state index in [1.54, 1.807) is 0 Å². The van der Waals surface area contributed by atoms with E-state index in [9.17, 15) is 0 Å². The molecule has 0 N–H and O–H groups in total. The van der Waals surface area contributed by atoms with E-state index >= 15 is 0 Å². The normalized spacial score (nSPS) is 13.0. The standard InChI is InChI=1S/C48H32N2S/c1-48(41-25-8-5-20-37(41)38-21-6-9-26-42(38)48)35-19-12-18-34(29-35)44-30-43(49-47(50-44)31-14-3-2-4-15-31)33-17-11-16-32(28-33)36-23-13-24-40-39-22-7-10-27-45(39)51-46(36)40/h2-30H,1H3. The number of benzene rings is 7. The lowest BCUT2D eigenvalue weighted by Crippen LogP contribution is -2.22. The number of nitrogens with zero attached hydrogens (tertiary/aromatic N) is 2. The maximum absolute atomic E-state index is 5.21. The number of hydrogen-bond acceptors (Lipinski definition) is 3. The van der Waals surface area contributed by atoms with Crippen molar-refractivity contribution in [1.82, 2.24) is 9.97 Å². The van der Waals surface area contributed by atoms with Crippen LogP contribution in [0.5, 0.6) is 0 Å². The molecular weight excluding hydrogens is 637 g/mol. The van der Waals surface area contributed by atoms with Gasteiger partial charge in [0.05, 0.1) is 11.4 Å². The van der Waals surface area contributed by atoms with E-state index in [0.717, 1.165) is 28.1 Å². The van der Waals surface area contributed by atoms with Crippen LogP contribution in [0.3, 0.4) is 0 Å². The van der Waals surface area contributed by atoms with E-state index in [2.05, 4.69) is 165 Å². The minimum absolute atomic E-state index is 0.288. The summed E-state index contributed by atoms with van der Waals surface area (Å²) in [5.74, 6) is 0.716. The number of thiophene rings is 1. The Hall–Kier alpha value is -6.16. The summed E-state index contributed by atoms with van der Waals surface area (Å²) in [5.41, 5.74) is 13.6. The molecule has 9 aromatic rings. The minimum atomic E-state index is -0.288. The molecule has 0 spiro atoms. The zero-order valence-electron chi connectivity index (χ0n) is 28.0. The number of fused-ring (bicyclic) bond motifs is 6. The van der Waals surface area contributed by atoms with Gasteiger partial charge in [0.15, 0.2) is 5.82 Å². The summed E-state index contributed by atoms with van der Waals surface area (Å²) in [5, 5.41) is 2.61. The SMILES string of the molecule is CC1(c2cccc(-c3cc(-c4cccc(-c5cccc6c5sc5ccccc56)c4)nc(-c4ccccc4)n3)c2)c2ccccc2-c2ccccc21. The molecule has 51 heavy (non-hydrogen) atoms. The molecule has 1 aliphatic rings. The van der Waals surface area contributed by atoms with Crippen LogP contribution in [0.2, 0.25) is 0 Å². The van der Waals surface area contributed by atoms with Crippen molar-refractivity contribution in [3.8, 4) is 56.2 Å². The first kappa shape index (κ1) is 29.7. The van der Waals surface area contributed by atoms with Gasteiger partial charge in [-0.1, -0.05) is 152 Å². The van der Waals surface area contributed by atoms with Crippen LogP contribution in [0.25, 0.3) is 76.3 Å². The Morgan fingerprint density at radius 3 is 1.75 bits per heavy atom. The second-order valence-electron chi connectivity index (χ2n) is 13.5. The van der Waals surface area contributed by atoms with E-state index in [-0.39, 0.29) is 5.41 Å². The molecule has 240 valence electrons. The summed E-state index contributed by atoms with van der Waals surface area (Å²) >= 11 is 1.86. The summed E-state index contributed by atoms with van der Waals surface area (Å²) in [4.78, 5) is 10.4. The van der Waals surface area contributed by atoms with Gasteiger partial charge in [-0.25, -0.2) is 9.97 Å². The molecule has 0 radical (unpaired) electrons. The van der Waals surface area contributed by atoms with Gasteiger partial charge in [0.1, 0.15) is 0 Å². The van der Waals surface area contributed by atoms with Crippen molar-refractivity contribution in [3.63, 3.8) is 0 Å². The topological polar surface area (TPSA) is 25.8 Å². The molecule has 1 aliphatic carbocycles. The molecule has 0 atom stereocenters. The van der Waals surface area contributed by atoms with Crippen LogP contribution >= 0.6 is 11.3 Å². The van der Waals surface area contributed by atoms with Gasteiger partial charge >= 0.3 is 0 Å². The number of hydrogen-bond donors (Lipinski definition) is 0. The highest BCUT2D eigenvalue weighted by Crippen LogP contribution is 2.52. The van der Waals surface area contributed by atoms with Gasteiger partial charge in [-0.3, -0.25) is 0 Å². The van der Waals surface area contributed by atoms with Crippen molar-refractivity contribution in [2.24, 2.45) is 0 Å². The molecule has 0 bridgehead atoms. The predicted molar refractivity (Wildman–Crippen MR) is 214 cm³/mol. The second kappa shape index (κ2) is 11.7. The van der Waals surface area contributed by atoms with Crippen molar-refractivity contribution in [2.45, 2.75) is 12.3 Å². The Morgan fingerprint density at radius 1 is 0.431 bits per heavy atom. The zero-order valence-corrected chi connectivity index (χ0v) is 28.9. The number of rotatable bonds is 5. The lowest BCUT2D eigenvalue weighted by Gasteiger charge is -2.28. The molecular formula is C48H32N2S. The Labute approximate surface area is 301 Å². The van der Waals surface area contributed by atoms with Crippen molar-refractivity contribution in [1.29, 1.82) is 0 Å². The number of aromatic nitrogens is 2.